The Morgan fingerprint density at radius 3 is 2.44 bits per heavy atom. The van der Waals surface area contributed by atoms with Crippen molar-refractivity contribution in [3.8, 4) is 17.2 Å². The lowest BCUT2D eigenvalue weighted by atomic mass is 10.1. The molecule has 0 unspecified atom stereocenters. The van der Waals surface area contributed by atoms with Crippen LogP contribution in [0.5, 0.6) is 17.2 Å². The van der Waals surface area contributed by atoms with Crippen molar-refractivity contribution in [2.24, 2.45) is 0 Å². The summed E-state index contributed by atoms with van der Waals surface area (Å²) in [4.78, 5) is 14.8. The number of hydrogen-bond acceptors (Lipinski definition) is 7. The normalized spacial score (nSPS) is 10.5. The van der Waals surface area contributed by atoms with Gasteiger partial charge in [0.2, 0.25) is 5.75 Å². The molecule has 8 heteroatoms. The Labute approximate surface area is 155 Å². The topological polar surface area (TPSA) is 95.8 Å². The summed E-state index contributed by atoms with van der Waals surface area (Å²) in [5.41, 5.74) is 1.64. The molecule has 0 aliphatic carbocycles. The van der Waals surface area contributed by atoms with Gasteiger partial charge in [-0.1, -0.05) is 0 Å². The second-order valence-electron chi connectivity index (χ2n) is 5.66. The summed E-state index contributed by atoms with van der Waals surface area (Å²) < 4.78 is 16.2. The number of fused-ring (bicyclic) bond motifs is 1. The molecular formula is C19H19N3O5. The van der Waals surface area contributed by atoms with Crippen molar-refractivity contribution in [2.75, 3.05) is 26.6 Å². The first-order chi connectivity index (χ1) is 13.1. The van der Waals surface area contributed by atoms with E-state index in [1.54, 1.807) is 45.7 Å². The Kier molecular flexibility index (Phi) is 5.25. The van der Waals surface area contributed by atoms with Gasteiger partial charge in [0.25, 0.3) is 5.69 Å². The lowest BCUT2D eigenvalue weighted by Crippen LogP contribution is -2.05. The number of benzene rings is 2. The number of anilines is 1. The lowest BCUT2D eigenvalue weighted by Gasteiger charge is -2.17. The fourth-order valence-corrected chi connectivity index (χ4v) is 2.98. The van der Waals surface area contributed by atoms with E-state index in [0.717, 1.165) is 16.6 Å². The molecule has 3 aromatic rings. The highest BCUT2D eigenvalue weighted by Gasteiger charge is 2.17. The standard InChI is InChI=1S/C19H19N3O5/c1-25-17-7-4-12(18(26-2)19(17)27-3)10-21-15-5-6-16(22(23)24)14-11-20-9-8-13(14)15/h4-9,11,21H,10H2,1-3H3. The molecule has 0 aliphatic rings. The third-order valence-electron chi connectivity index (χ3n) is 4.25. The molecule has 2 aromatic carbocycles. The first-order valence-corrected chi connectivity index (χ1v) is 8.13. The van der Waals surface area contributed by atoms with E-state index in [9.17, 15) is 10.1 Å². The number of nitro groups is 1. The van der Waals surface area contributed by atoms with Crippen LogP contribution in [0, 0.1) is 10.1 Å². The van der Waals surface area contributed by atoms with E-state index in [1.807, 2.05) is 6.07 Å². The second kappa shape index (κ2) is 7.77. The first-order valence-electron chi connectivity index (χ1n) is 8.13. The predicted octanol–water partition coefficient (Wildman–Crippen LogP) is 3.78. The average Bonchev–Trinajstić information content (AvgIpc) is 2.70. The molecule has 8 nitrogen and oxygen atoms in total. The van der Waals surface area contributed by atoms with Gasteiger partial charge in [0.15, 0.2) is 11.5 Å². The number of non-ortho nitro benzene ring substituents is 1. The lowest BCUT2D eigenvalue weighted by molar-refractivity contribution is -0.383. The van der Waals surface area contributed by atoms with Crippen LogP contribution in [0.15, 0.2) is 42.7 Å². The molecule has 1 aromatic heterocycles. The molecule has 0 saturated carbocycles. The van der Waals surface area contributed by atoms with Crippen molar-refractivity contribution in [2.45, 2.75) is 6.54 Å². The molecule has 3 rings (SSSR count). The minimum absolute atomic E-state index is 0.0207. The van der Waals surface area contributed by atoms with Gasteiger partial charge in [-0.15, -0.1) is 0 Å². The number of nitrogens with zero attached hydrogens (tertiary/aromatic N) is 2. The molecule has 1 heterocycles. The average molecular weight is 369 g/mol. The SMILES string of the molecule is COc1ccc(CNc2ccc([N+](=O)[O-])c3cnccc23)c(OC)c1OC. The predicted molar refractivity (Wildman–Crippen MR) is 102 cm³/mol. The molecule has 0 aliphatic heterocycles. The minimum atomic E-state index is -0.412. The first kappa shape index (κ1) is 18.2. The van der Waals surface area contributed by atoms with E-state index in [1.165, 1.54) is 12.3 Å². The van der Waals surface area contributed by atoms with Crippen LogP contribution in [0.1, 0.15) is 5.56 Å². The summed E-state index contributed by atoms with van der Waals surface area (Å²) in [5.74, 6) is 1.65. The Morgan fingerprint density at radius 1 is 1.00 bits per heavy atom. The number of pyridine rings is 1. The maximum Gasteiger partial charge on any atom is 0.278 e. The second-order valence-corrected chi connectivity index (χ2v) is 5.66. The van der Waals surface area contributed by atoms with E-state index in [0.29, 0.717) is 29.2 Å². The van der Waals surface area contributed by atoms with Crippen molar-refractivity contribution < 1.29 is 19.1 Å². The van der Waals surface area contributed by atoms with Gasteiger partial charge in [0.05, 0.1) is 31.6 Å². The van der Waals surface area contributed by atoms with Crippen LogP contribution < -0.4 is 19.5 Å². The highest BCUT2D eigenvalue weighted by Crippen LogP contribution is 2.40. The maximum atomic E-state index is 11.2. The highest BCUT2D eigenvalue weighted by molar-refractivity contribution is 5.99. The van der Waals surface area contributed by atoms with Gasteiger partial charge in [-0.2, -0.15) is 0 Å². The number of rotatable bonds is 7. The molecule has 0 amide bonds. The summed E-state index contributed by atoms with van der Waals surface area (Å²) in [5, 5.41) is 15.7. The van der Waals surface area contributed by atoms with Gasteiger partial charge < -0.3 is 19.5 Å². The Balaban J connectivity index is 1.96. The van der Waals surface area contributed by atoms with E-state index < -0.39 is 4.92 Å². The van der Waals surface area contributed by atoms with Crippen molar-refractivity contribution in [3.63, 3.8) is 0 Å². The van der Waals surface area contributed by atoms with Crippen molar-refractivity contribution in [3.05, 3.63) is 58.4 Å². The zero-order valence-electron chi connectivity index (χ0n) is 15.2. The van der Waals surface area contributed by atoms with E-state index in [4.69, 9.17) is 14.2 Å². The highest BCUT2D eigenvalue weighted by atomic mass is 16.6. The molecule has 1 N–H and O–H groups in total. The monoisotopic (exact) mass is 369 g/mol. The number of aromatic nitrogens is 1. The van der Waals surface area contributed by atoms with Gasteiger partial charge in [0.1, 0.15) is 0 Å². The van der Waals surface area contributed by atoms with Gasteiger partial charge in [-0.3, -0.25) is 15.1 Å². The molecule has 0 fully saturated rings. The van der Waals surface area contributed by atoms with Crippen LogP contribution in [-0.2, 0) is 6.54 Å². The Hall–Kier alpha value is -3.55. The van der Waals surface area contributed by atoms with E-state index in [2.05, 4.69) is 10.3 Å². The number of nitro benzene ring substituents is 1. The Morgan fingerprint density at radius 2 is 1.78 bits per heavy atom. The summed E-state index contributed by atoms with van der Waals surface area (Å²) >= 11 is 0. The number of ether oxygens (including phenoxy) is 3. The van der Waals surface area contributed by atoms with Crippen LogP contribution >= 0.6 is 0 Å². The van der Waals surface area contributed by atoms with Crippen LogP contribution in [-0.4, -0.2) is 31.2 Å². The molecule has 140 valence electrons. The third-order valence-corrected chi connectivity index (χ3v) is 4.25. The molecule has 0 spiro atoms. The summed E-state index contributed by atoms with van der Waals surface area (Å²) in [6, 6.07) is 8.58. The third kappa shape index (κ3) is 3.41. The molecule has 0 atom stereocenters. The number of nitrogens with one attached hydrogen (secondary N) is 1. The van der Waals surface area contributed by atoms with E-state index in [-0.39, 0.29) is 5.69 Å². The molecular weight excluding hydrogens is 350 g/mol. The van der Waals surface area contributed by atoms with Crippen molar-refractivity contribution in [1.29, 1.82) is 0 Å². The van der Waals surface area contributed by atoms with Gasteiger partial charge in [-0.25, -0.2) is 0 Å². The van der Waals surface area contributed by atoms with Gasteiger partial charge >= 0.3 is 0 Å². The summed E-state index contributed by atoms with van der Waals surface area (Å²) in [7, 11) is 4.68. The smallest absolute Gasteiger partial charge is 0.278 e. The summed E-state index contributed by atoms with van der Waals surface area (Å²) in [6.07, 6.45) is 3.10. The minimum Gasteiger partial charge on any atom is -0.493 e. The van der Waals surface area contributed by atoms with Gasteiger partial charge in [0, 0.05) is 41.6 Å². The fraction of sp³-hybridized carbons (Fsp3) is 0.211. The van der Waals surface area contributed by atoms with E-state index >= 15 is 0 Å². The molecule has 0 saturated heterocycles. The number of methoxy groups -OCH3 is 3. The van der Waals surface area contributed by atoms with Crippen molar-refractivity contribution >= 4 is 22.1 Å². The van der Waals surface area contributed by atoms with Crippen molar-refractivity contribution in [1.82, 2.24) is 4.98 Å². The maximum absolute atomic E-state index is 11.2. The van der Waals surface area contributed by atoms with Crippen LogP contribution in [0.25, 0.3) is 10.8 Å². The molecule has 0 bridgehead atoms. The number of hydrogen-bond donors (Lipinski definition) is 1. The molecule has 0 radical (unpaired) electrons. The van der Waals surface area contributed by atoms with Crippen LogP contribution in [0.2, 0.25) is 0 Å². The van der Waals surface area contributed by atoms with Gasteiger partial charge in [-0.05, 0) is 24.3 Å². The largest absolute Gasteiger partial charge is 0.493 e. The summed E-state index contributed by atoms with van der Waals surface area (Å²) in [6.45, 7) is 0.429. The van der Waals surface area contributed by atoms with Crippen LogP contribution in [0.3, 0.4) is 0 Å². The zero-order valence-corrected chi connectivity index (χ0v) is 15.2. The molecule has 27 heavy (non-hydrogen) atoms. The quantitative estimate of drug-likeness (QED) is 0.500. The zero-order chi connectivity index (χ0) is 19.4. The Bertz CT molecular complexity index is 990. The van der Waals surface area contributed by atoms with Crippen LogP contribution in [0.4, 0.5) is 11.4 Å². The fourth-order valence-electron chi connectivity index (χ4n) is 2.98.